The molecule has 19 heavy (non-hydrogen) atoms. The zero-order valence-corrected chi connectivity index (χ0v) is 13.0. The van der Waals surface area contributed by atoms with Gasteiger partial charge in [0.05, 0.1) is 0 Å². The summed E-state index contributed by atoms with van der Waals surface area (Å²) >= 11 is 7.65. The highest BCUT2D eigenvalue weighted by molar-refractivity contribution is 7.98. The van der Waals surface area contributed by atoms with Crippen LogP contribution in [0.4, 0.5) is 0 Å². The Bertz CT molecular complexity index is 439. The third-order valence-electron chi connectivity index (χ3n) is 2.69. The summed E-state index contributed by atoms with van der Waals surface area (Å²) in [6.07, 6.45) is 0. The lowest BCUT2D eigenvalue weighted by atomic mass is 10.1. The van der Waals surface area contributed by atoms with Gasteiger partial charge in [0.25, 0.3) is 0 Å². The van der Waals surface area contributed by atoms with Crippen LogP contribution in [0.3, 0.4) is 0 Å². The Morgan fingerprint density at radius 3 is 2.63 bits per heavy atom. The molecule has 0 heterocycles. The van der Waals surface area contributed by atoms with Crippen LogP contribution in [0.15, 0.2) is 24.3 Å². The molecular formula is C14H20ClNO2S. The van der Waals surface area contributed by atoms with Gasteiger partial charge in [-0.1, -0.05) is 29.8 Å². The SMILES string of the molecule is CC(C)NC(C)(CSCc1ccccc1Cl)C(=O)O. The Kier molecular flexibility index (Phi) is 6.17. The predicted octanol–water partition coefficient (Wildman–Crippen LogP) is 3.41. The van der Waals surface area contributed by atoms with Crippen LogP contribution in [0.5, 0.6) is 0 Å². The molecule has 0 saturated heterocycles. The first-order valence-electron chi connectivity index (χ1n) is 6.17. The summed E-state index contributed by atoms with van der Waals surface area (Å²) in [4.78, 5) is 11.4. The molecule has 0 aliphatic carbocycles. The van der Waals surface area contributed by atoms with Gasteiger partial charge in [0, 0.05) is 22.6 Å². The van der Waals surface area contributed by atoms with Crippen molar-refractivity contribution in [1.82, 2.24) is 5.32 Å². The molecule has 0 aliphatic heterocycles. The van der Waals surface area contributed by atoms with Gasteiger partial charge < -0.3 is 5.11 Å². The van der Waals surface area contributed by atoms with Crippen molar-refractivity contribution in [1.29, 1.82) is 0 Å². The van der Waals surface area contributed by atoms with Crippen molar-refractivity contribution in [2.75, 3.05) is 5.75 Å². The first kappa shape index (κ1) is 16.3. The van der Waals surface area contributed by atoms with Gasteiger partial charge in [0.15, 0.2) is 0 Å². The summed E-state index contributed by atoms with van der Waals surface area (Å²) in [5, 5.41) is 13.2. The van der Waals surface area contributed by atoms with Gasteiger partial charge in [-0.05, 0) is 32.4 Å². The van der Waals surface area contributed by atoms with E-state index in [4.69, 9.17) is 11.6 Å². The summed E-state index contributed by atoms with van der Waals surface area (Å²) in [5.41, 5.74) is 0.117. The third-order valence-corrected chi connectivity index (χ3v) is 4.35. The molecule has 1 rings (SSSR count). The number of carboxylic acid groups (broad SMARTS) is 1. The van der Waals surface area contributed by atoms with Crippen LogP contribution in [0.25, 0.3) is 0 Å². The Hall–Kier alpha value is -0.710. The quantitative estimate of drug-likeness (QED) is 0.810. The maximum atomic E-state index is 11.4. The van der Waals surface area contributed by atoms with Crippen molar-refractivity contribution in [3.63, 3.8) is 0 Å². The van der Waals surface area contributed by atoms with Crippen molar-refractivity contribution >= 4 is 29.3 Å². The van der Waals surface area contributed by atoms with Gasteiger partial charge >= 0.3 is 5.97 Å². The minimum atomic E-state index is -0.917. The number of halogens is 1. The minimum Gasteiger partial charge on any atom is -0.480 e. The van der Waals surface area contributed by atoms with Crippen molar-refractivity contribution in [3.8, 4) is 0 Å². The zero-order valence-electron chi connectivity index (χ0n) is 11.4. The molecule has 1 aromatic carbocycles. The lowest BCUT2D eigenvalue weighted by Gasteiger charge is -2.28. The van der Waals surface area contributed by atoms with Crippen LogP contribution in [0, 0.1) is 0 Å². The van der Waals surface area contributed by atoms with E-state index in [1.807, 2.05) is 38.1 Å². The molecular weight excluding hydrogens is 282 g/mol. The van der Waals surface area contributed by atoms with Crippen LogP contribution in [-0.4, -0.2) is 28.4 Å². The standard InChI is InChI=1S/C14H20ClNO2S/c1-10(2)16-14(3,13(17)18)9-19-8-11-6-4-5-7-12(11)15/h4-7,10,16H,8-9H2,1-3H3,(H,17,18). The molecule has 0 bridgehead atoms. The summed E-state index contributed by atoms with van der Waals surface area (Å²) in [7, 11) is 0. The number of thioether (sulfide) groups is 1. The largest absolute Gasteiger partial charge is 0.480 e. The van der Waals surface area contributed by atoms with Crippen molar-refractivity contribution in [3.05, 3.63) is 34.9 Å². The number of nitrogens with one attached hydrogen (secondary N) is 1. The number of benzene rings is 1. The summed E-state index contributed by atoms with van der Waals surface area (Å²) in [5.74, 6) is 0.376. The normalized spacial score (nSPS) is 14.4. The molecule has 0 aromatic heterocycles. The molecule has 0 fully saturated rings. The predicted molar refractivity (Wildman–Crippen MR) is 81.9 cm³/mol. The molecule has 106 valence electrons. The van der Waals surface area contributed by atoms with Crippen LogP contribution in [-0.2, 0) is 10.5 Å². The lowest BCUT2D eigenvalue weighted by molar-refractivity contribution is -0.143. The monoisotopic (exact) mass is 301 g/mol. The van der Waals surface area contributed by atoms with Crippen LogP contribution in [0.2, 0.25) is 5.02 Å². The molecule has 3 nitrogen and oxygen atoms in total. The maximum absolute atomic E-state index is 11.4. The highest BCUT2D eigenvalue weighted by atomic mass is 35.5. The summed E-state index contributed by atoms with van der Waals surface area (Å²) in [6.45, 7) is 5.61. The van der Waals surface area contributed by atoms with E-state index in [1.54, 1.807) is 18.7 Å². The minimum absolute atomic E-state index is 0.127. The van der Waals surface area contributed by atoms with Gasteiger partial charge in [-0.2, -0.15) is 11.8 Å². The Morgan fingerprint density at radius 2 is 2.11 bits per heavy atom. The van der Waals surface area contributed by atoms with E-state index in [1.165, 1.54) is 0 Å². The van der Waals surface area contributed by atoms with E-state index in [2.05, 4.69) is 5.32 Å². The number of carbonyl (C=O) groups is 1. The smallest absolute Gasteiger partial charge is 0.324 e. The molecule has 0 spiro atoms. The number of rotatable bonds is 7. The van der Waals surface area contributed by atoms with Crippen molar-refractivity contribution in [2.45, 2.75) is 38.1 Å². The average Bonchev–Trinajstić information content (AvgIpc) is 2.30. The van der Waals surface area contributed by atoms with Crippen molar-refractivity contribution in [2.24, 2.45) is 0 Å². The number of hydrogen-bond acceptors (Lipinski definition) is 3. The second kappa shape index (κ2) is 7.17. The van der Waals surface area contributed by atoms with E-state index < -0.39 is 11.5 Å². The Labute approximate surface area is 123 Å². The van der Waals surface area contributed by atoms with Crippen LogP contribution in [0.1, 0.15) is 26.3 Å². The number of hydrogen-bond donors (Lipinski definition) is 2. The lowest BCUT2D eigenvalue weighted by Crippen LogP contribution is -2.54. The Morgan fingerprint density at radius 1 is 1.47 bits per heavy atom. The fraction of sp³-hybridized carbons (Fsp3) is 0.500. The third kappa shape index (κ3) is 5.05. The van der Waals surface area contributed by atoms with Crippen molar-refractivity contribution < 1.29 is 9.90 Å². The molecule has 0 radical (unpaired) electrons. The van der Waals surface area contributed by atoms with Crippen LogP contribution < -0.4 is 5.32 Å². The molecule has 1 unspecified atom stereocenters. The average molecular weight is 302 g/mol. The first-order valence-corrected chi connectivity index (χ1v) is 7.70. The second-order valence-electron chi connectivity index (χ2n) is 5.02. The van der Waals surface area contributed by atoms with Gasteiger partial charge in [-0.25, -0.2) is 0 Å². The molecule has 1 atom stereocenters. The topological polar surface area (TPSA) is 49.3 Å². The molecule has 1 aromatic rings. The zero-order chi connectivity index (χ0) is 14.5. The fourth-order valence-corrected chi connectivity index (χ4v) is 3.25. The fourth-order valence-electron chi connectivity index (χ4n) is 1.78. The number of carboxylic acids is 1. The van der Waals surface area contributed by atoms with Gasteiger partial charge in [0.1, 0.15) is 5.54 Å². The van der Waals surface area contributed by atoms with E-state index in [9.17, 15) is 9.90 Å². The van der Waals surface area contributed by atoms with Gasteiger partial charge in [-0.3, -0.25) is 10.1 Å². The van der Waals surface area contributed by atoms with E-state index in [0.29, 0.717) is 11.5 Å². The van der Waals surface area contributed by atoms with Crippen LogP contribution >= 0.6 is 23.4 Å². The molecule has 0 amide bonds. The van der Waals surface area contributed by atoms with E-state index >= 15 is 0 Å². The van der Waals surface area contributed by atoms with Gasteiger partial charge in [-0.15, -0.1) is 0 Å². The van der Waals surface area contributed by atoms with E-state index in [-0.39, 0.29) is 6.04 Å². The first-order chi connectivity index (χ1) is 8.85. The highest BCUT2D eigenvalue weighted by Crippen LogP contribution is 2.23. The molecule has 0 aliphatic rings. The second-order valence-corrected chi connectivity index (χ2v) is 6.41. The maximum Gasteiger partial charge on any atom is 0.324 e. The molecule has 0 saturated carbocycles. The van der Waals surface area contributed by atoms with E-state index in [0.717, 1.165) is 10.6 Å². The highest BCUT2D eigenvalue weighted by Gasteiger charge is 2.33. The summed E-state index contributed by atoms with van der Waals surface area (Å²) in [6, 6.07) is 7.76. The summed E-state index contributed by atoms with van der Waals surface area (Å²) < 4.78 is 0. The van der Waals surface area contributed by atoms with Gasteiger partial charge in [0.2, 0.25) is 0 Å². The molecule has 5 heteroatoms. The number of aliphatic carboxylic acids is 1. The Balaban J connectivity index is 2.58. The molecule has 2 N–H and O–H groups in total.